The molecule has 0 radical (unpaired) electrons. The Labute approximate surface area is 197 Å². The second-order valence-corrected chi connectivity index (χ2v) is 12.4. The second kappa shape index (κ2) is 8.20. The molecule has 0 spiro atoms. The second-order valence-electron chi connectivity index (χ2n) is 12.4. The van der Waals surface area contributed by atoms with Gasteiger partial charge in [-0.1, -0.05) is 27.2 Å². The summed E-state index contributed by atoms with van der Waals surface area (Å²) in [5.74, 6) is -3.04. The van der Waals surface area contributed by atoms with Gasteiger partial charge in [-0.15, -0.1) is 0 Å². The van der Waals surface area contributed by atoms with Crippen molar-refractivity contribution in [2.45, 2.75) is 103 Å². The van der Waals surface area contributed by atoms with Crippen LogP contribution in [-0.2, 0) is 9.59 Å². The van der Waals surface area contributed by atoms with E-state index >= 15 is 0 Å². The van der Waals surface area contributed by atoms with Crippen LogP contribution in [0.5, 0.6) is 0 Å². The average Bonchev–Trinajstić information content (AvgIpc) is 3.08. The maximum Gasteiger partial charge on any atom is 0.323 e. The van der Waals surface area contributed by atoms with E-state index in [4.69, 9.17) is 10.8 Å². The van der Waals surface area contributed by atoms with E-state index in [0.29, 0.717) is 23.7 Å². The molecule has 4 fully saturated rings. The van der Waals surface area contributed by atoms with Crippen LogP contribution in [0.15, 0.2) is 0 Å². The summed E-state index contributed by atoms with van der Waals surface area (Å²) in [6.07, 6.45) is 7.51. The Balaban J connectivity index is 1.62. The molecule has 0 aromatic carbocycles. The molecule has 2 unspecified atom stereocenters. The predicted molar refractivity (Wildman–Crippen MR) is 123 cm³/mol. The Morgan fingerprint density at radius 3 is 2.33 bits per heavy atom. The normalized spacial score (nSPS) is 45.9. The molecular weight excluding hydrogens is 422 g/mol. The molecule has 4 saturated carbocycles. The summed E-state index contributed by atoms with van der Waals surface area (Å²) in [7, 11) is 0. The van der Waals surface area contributed by atoms with Gasteiger partial charge in [0.05, 0.1) is 0 Å². The molecular formula is C26H43NO6. The summed E-state index contributed by atoms with van der Waals surface area (Å²) in [5, 5.41) is 42.1. The monoisotopic (exact) mass is 465 g/mol. The Kier molecular flexibility index (Phi) is 6.19. The van der Waals surface area contributed by atoms with Crippen molar-refractivity contribution in [3.05, 3.63) is 0 Å². The highest BCUT2D eigenvalue weighted by Gasteiger charge is 2.67. The first kappa shape index (κ1) is 24.9. The van der Waals surface area contributed by atoms with E-state index in [1.807, 2.05) is 6.92 Å². The third-order valence-electron chi connectivity index (χ3n) is 11.4. The van der Waals surface area contributed by atoms with Gasteiger partial charge in [0.15, 0.2) is 5.79 Å². The van der Waals surface area contributed by atoms with E-state index < -0.39 is 34.6 Å². The molecule has 7 nitrogen and oxygen atoms in total. The van der Waals surface area contributed by atoms with Crippen molar-refractivity contribution in [2.75, 3.05) is 0 Å². The first-order chi connectivity index (χ1) is 15.3. The van der Waals surface area contributed by atoms with Crippen LogP contribution >= 0.6 is 0 Å². The van der Waals surface area contributed by atoms with Crippen molar-refractivity contribution in [1.82, 2.24) is 0 Å². The molecule has 7 heteroatoms. The summed E-state index contributed by atoms with van der Waals surface area (Å²) in [6, 6.07) is 0. The Morgan fingerprint density at radius 1 is 1.03 bits per heavy atom. The van der Waals surface area contributed by atoms with Crippen molar-refractivity contribution < 1.29 is 30.0 Å². The molecule has 4 rings (SSSR count). The number of fused-ring (bicyclic) bond motifs is 5. The fourth-order valence-electron chi connectivity index (χ4n) is 9.38. The van der Waals surface area contributed by atoms with Crippen molar-refractivity contribution in [3.63, 3.8) is 0 Å². The third-order valence-corrected chi connectivity index (χ3v) is 11.4. The zero-order chi connectivity index (χ0) is 24.4. The van der Waals surface area contributed by atoms with Crippen LogP contribution < -0.4 is 5.73 Å². The molecule has 4 aliphatic rings. The van der Waals surface area contributed by atoms with Gasteiger partial charge in [-0.3, -0.25) is 9.59 Å². The van der Waals surface area contributed by atoms with E-state index in [2.05, 4.69) is 13.8 Å². The lowest BCUT2D eigenvalue weighted by Gasteiger charge is -2.65. The predicted octanol–water partition coefficient (Wildman–Crippen LogP) is 3.61. The largest absolute Gasteiger partial charge is 0.481 e. The van der Waals surface area contributed by atoms with Crippen LogP contribution in [0.1, 0.15) is 91.4 Å². The van der Waals surface area contributed by atoms with Crippen LogP contribution in [0.4, 0.5) is 0 Å². The van der Waals surface area contributed by atoms with Gasteiger partial charge in [0.25, 0.3) is 0 Å². The average molecular weight is 466 g/mol. The molecule has 0 aromatic rings. The van der Waals surface area contributed by atoms with Gasteiger partial charge in [-0.25, -0.2) is 0 Å². The highest BCUT2D eigenvalue weighted by Crippen LogP contribution is 2.69. The molecule has 0 aromatic heterocycles. The van der Waals surface area contributed by atoms with Gasteiger partial charge in [0.1, 0.15) is 5.54 Å². The van der Waals surface area contributed by atoms with Gasteiger partial charge < -0.3 is 26.2 Å². The first-order valence-electron chi connectivity index (χ1n) is 13.0. The fraction of sp³-hybridized carbons (Fsp3) is 0.923. The number of hydrogen-bond donors (Lipinski definition) is 5. The van der Waals surface area contributed by atoms with Gasteiger partial charge in [-0.2, -0.15) is 0 Å². The van der Waals surface area contributed by atoms with E-state index in [1.54, 1.807) is 0 Å². The van der Waals surface area contributed by atoms with E-state index in [0.717, 1.165) is 31.6 Å². The molecule has 0 amide bonds. The minimum atomic E-state index is -2.02. The molecule has 0 aliphatic heterocycles. The summed E-state index contributed by atoms with van der Waals surface area (Å²) < 4.78 is 0. The zero-order valence-corrected chi connectivity index (χ0v) is 20.4. The van der Waals surface area contributed by atoms with Crippen LogP contribution in [0.2, 0.25) is 0 Å². The van der Waals surface area contributed by atoms with Crippen LogP contribution in [-0.4, -0.2) is 43.7 Å². The van der Waals surface area contributed by atoms with Crippen LogP contribution in [0.25, 0.3) is 0 Å². The standard InChI is InChI=1S/C26H43NO6/c1-4-15-6-8-19-18-7-5-16-13-17(25(27,22(30)31)12-10-21(28)29)14-26(32,33)24(16,3)20(18)9-11-23(15,19)2/h15-20,32-33H,4-14,27H2,1-3H3,(H,28,29)(H,30,31)/t15-,16-,17?,18-,19-,20-,23+,24-,25?/m0/s1. The lowest BCUT2D eigenvalue weighted by Crippen LogP contribution is -2.68. The molecule has 4 aliphatic carbocycles. The third kappa shape index (κ3) is 3.56. The number of carboxylic acid groups (broad SMARTS) is 2. The van der Waals surface area contributed by atoms with Crippen molar-refractivity contribution in [2.24, 2.45) is 52.1 Å². The van der Waals surface area contributed by atoms with Gasteiger partial charge in [0.2, 0.25) is 0 Å². The highest BCUT2D eigenvalue weighted by atomic mass is 16.5. The maximum atomic E-state index is 12.2. The quantitative estimate of drug-likeness (QED) is 0.377. The zero-order valence-electron chi connectivity index (χ0n) is 20.4. The number of carbonyl (C=O) groups is 2. The molecule has 0 saturated heterocycles. The van der Waals surface area contributed by atoms with E-state index in [-0.39, 0.29) is 31.1 Å². The number of aliphatic carboxylic acids is 2. The summed E-state index contributed by atoms with van der Waals surface area (Å²) in [5.41, 5.74) is 4.17. The molecule has 33 heavy (non-hydrogen) atoms. The minimum absolute atomic E-state index is 0.0349. The SMILES string of the molecule is CC[C@H]1CC[C@H]2[C@@H]3CC[C@H]4CC(C(N)(CCC(=O)O)C(=O)O)CC(O)(O)[C@]4(C)[C@H]3CC[C@]12C. The number of hydrogen-bond acceptors (Lipinski definition) is 5. The Hall–Kier alpha value is -1.18. The van der Waals surface area contributed by atoms with Gasteiger partial charge in [-0.05, 0) is 92.3 Å². The minimum Gasteiger partial charge on any atom is -0.481 e. The molecule has 188 valence electrons. The molecule has 0 bridgehead atoms. The van der Waals surface area contributed by atoms with Crippen molar-refractivity contribution >= 4 is 11.9 Å². The first-order valence-corrected chi connectivity index (χ1v) is 13.0. The Bertz CT molecular complexity index is 800. The summed E-state index contributed by atoms with van der Waals surface area (Å²) >= 11 is 0. The lowest BCUT2D eigenvalue weighted by molar-refractivity contribution is -0.324. The topological polar surface area (TPSA) is 141 Å². The van der Waals surface area contributed by atoms with Crippen LogP contribution in [0.3, 0.4) is 0 Å². The van der Waals surface area contributed by atoms with Gasteiger partial charge >= 0.3 is 11.9 Å². The molecule has 6 N–H and O–H groups in total. The summed E-state index contributed by atoms with van der Waals surface area (Å²) in [6.45, 7) is 6.78. The van der Waals surface area contributed by atoms with Gasteiger partial charge in [0, 0.05) is 18.3 Å². The number of carboxylic acids is 2. The van der Waals surface area contributed by atoms with Crippen LogP contribution in [0, 0.1) is 46.3 Å². The number of aliphatic hydroxyl groups is 2. The van der Waals surface area contributed by atoms with Crippen molar-refractivity contribution in [3.8, 4) is 0 Å². The summed E-state index contributed by atoms with van der Waals surface area (Å²) in [4.78, 5) is 23.3. The van der Waals surface area contributed by atoms with E-state index in [1.165, 1.54) is 19.3 Å². The molecule has 9 atom stereocenters. The highest BCUT2D eigenvalue weighted by molar-refractivity contribution is 5.80. The number of rotatable bonds is 6. The maximum absolute atomic E-state index is 12.2. The van der Waals surface area contributed by atoms with E-state index in [9.17, 15) is 24.9 Å². The number of nitrogens with two attached hydrogens (primary N) is 1. The smallest absolute Gasteiger partial charge is 0.323 e. The molecule has 0 heterocycles. The lowest BCUT2D eigenvalue weighted by atomic mass is 9.42. The van der Waals surface area contributed by atoms with Crippen molar-refractivity contribution in [1.29, 1.82) is 0 Å². The fourth-order valence-corrected chi connectivity index (χ4v) is 9.38. The Morgan fingerprint density at radius 2 is 1.73 bits per heavy atom.